The van der Waals surface area contributed by atoms with Gasteiger partial charge in [0.25, 0.3) is 0 Å². The number of nitriles is 1. The van der Waals surface area contributed by atoms with Gasteiger partial charge in [0, 0.05) is 30.8 Å². The van der Waals surface area contributed by atoms with Crippen LogP contribution in [0.1, 0.15) is 19.3 Å². The van der Waals surface area contributed by atoms with Crippen LogP contribution in [0.4, 0.5) is 5.95 Å². The molecule has 138 valence electrons. The summed E-state index contributed by atoms with van der Waals surface area (Å²) < 4.78 is 3.63. The Morgan fingerprint density at radius 1 is 1.41 bits per heavy atom. The van der Waals surface area contributed by atoms with E-state index in [0.29, 0.717) is 23.9 Å². The molecule has 3 aromatic rings. The van der Waals surface area contributed by atoms with Crippen molar-refractivity contribution in [3.8, 4) is 17.3 Å². The van der Waals surface area contributed by atoms with Gasteiger partial charge in [-0.15, -0.1) is 5.10 Å². The minimum atomic E-state index is -0.606. The normalized spacial score (nSPS) is 19.4. The number of rotatable bonds is 6. The first-order valence-electron chi connectivity index (χ1n) is 9.12. The zero-order valence-corrected chi connectivity index (χ0v) is 14.7. The van der Waals surface area contributed by atoms with Crippen molar-refractivity contribution in [1.82, 2.24) is 29.7 Å². The second-order valence-electron chi connectivity index (χ2n) is 7.38. The Balaban J connectivity index is 1.48. The summed E-state index contributed by atoms with van der Waals surface area (Å²) in [4.78, 5) is 4.46. The van der Waals surface area contributed by atoms with E-state index in [0.717, 1.165) is 37.2 Å². The molecule has 9 nitrogen and oxygen atoms in total. The number of fused-ring (bicyclic) bond motifs is 1. The maximum Gasteiger partial charge on any atom is 0.245 e. The molecule has 5 rings (SSSR count). The van der Waals surface area contributed by atoms with E-state index in [1.165, 1.54) is 0 Å². The molecule has 1 saturated carbocycles. The highest BCUT2D eigenvalue weighted by Crippen LogP contribution is 2.33. The van der Waals surface area contributed by atoms with Crippen LogP contribution in [0.25, 0.3) is 16.9 Å². The Morgan fingerprint density at radius 3 is 2.96 bits per heavy atom. The highest BCUT2D eigenvalue weighted by Gasteiger charge is 2.39. The third kappa shape index (κ3) is 2.74. The van der Waals surface area contributed by atoms with E-state index in [2.05, 4.69) is 31.9 Å². The predicted octanol–water partition coefficient (Wildman–Crippen LogP) is 0.945. The van der Waals surface area contributed by atoms with Gasteiger partial charge in [-0.2, -0.15) is 15.3 Å². The number of nitrogens with zero attached hydrogens (tertiary/aromatic N) is 6. The van der Waals surface area contributed by atoms with Crippen LogP contribution in [0, 0.1) is 17.2 Å². The Labute approximate surface area is 155 Å². The van der Waals surface area contributed by atoms with Gasteiger partial charge in [-0.3, -0.25) is 4.68 Å². The van der Waals surface area contributed by atoms with E-state index < -0.39 is 6.23 Å². The fourth-order valence-electron chi connectivity index (χ4n) is 3.49. The summed E-state index contributed by atoms with van der Waals surface area (Å²) >= 11 is 0. The fourth-order valence-corrected chi connectivity index (χ4v) is 3.49. The lowest BCUT2D eigenvalue weighted by Gasteiger charge is -2.41. The first-order chi connectivity index (χ1) is 13.2. The molecule has 0 aromatic carbocycles. The molecule has 3 aromatic heterocycles. The molecule has 0 spiro atoms. The molecule has 4 heterocycles. The van der Waals surface area contributed by atoms with Gasteiger partial charge in [-0.25, -0.2) is 4.52 Å². The number of hydrogen-bond donors (Lipinski definition) is 3. The van der Waals surface area contributed by atoms with Crippen LogP contribution >= 0.6 is 0 Å². The van der Waals surface area contributed by atoms with Crippen LogP contribution < -0.4 is 10.6 Å². The van der Waals surface area contributed by atoms with Crippen molar-refractivity contribution in [2.75, 3.05) is 18.4 Å². The second kappa shape index (κ2) is 6.04. The molecular weight excluding hydrogens is 344 g/mol. The predicted molar refractivity (Wildman–Crippen MR) is 97.6 cm³/mol. The minimum absolute atomic E-state index is 0.273. The number of aliphatic hydroxyl groups is 1. The van der Waals surface area contributed by atoms with Crippen LogP contribution in [-0.4, -0.2) is 48.8 Å². The van der Waals surface area contributed by atoms with Crippen LogP contribution in [-0.2, 0) is 5.54 Å². The first-order valence-corrected chi connectivity index (χ1v) is 9.12. The van der Waals surface area contributed by atoms with Gasteiger partial charge < -0.3 is 15.7 Å². The Morgan fingerprint density at radius 2 is 2.26 bits per heavy atom. The van der Waals surface area contributed by atoms with Crippen LogP contribution in [0.3, 0.4) is 0 Å². The highest BCUT2D eigenvalue weighted by molar-refractivity contribution is 5.62. The summed E-state index contributed by atoms with van der Waals surface area (Å²) in [6.07, 6.45) is 5.63. The zero-order chi connectivity index (χ0) is 18.4. The van der Waals surface area contributed by atoms with Gasteiger partial charge in [-0.05, 0) is 25.0 Å². The quantitative estimate of drug-likeness (QED) is 0.558. The molecule has 0 amide bonds. The summed E-state index contributed by atoms with van der Waals surface area (Å²) in [6.45, 7) is 1.48. The average molecular weight is 364 g/mol. The van der Waals surface area contributed by atoms with E-state index in [4.69, 9.17) is 5.26 Å². The van der Waals surface area contributed by atoms with E-state index in [1.54, 1.807) is 10.7 Å². The number of aliphatic hydroxyl groups excluding tert-OH is 1. The van der Waals surface area contributed by atoms with Crippen LogP contribution in [0.15, 0.2) is 30.6 Å². The molecule has 0 bridgehead atoms. The summed E-state index contributed by atoms with van der Waals surface area (Å²) in [5, 5.41) is 34.5. The van der Waals surface area contributed by atoms with Gasteiger partial charge in [0.05, 0.1) is 24.4 Å². The second-order valence-corrected chi connectivity index (χ2v) is 7.38. The van der Waals surface area contributed by atoms with Crippen molar-refractivity contribution < 1.29 is 5.11 Å². The average Bonchev–Trinajstić information content (AvgIpc) is 3.23. The van der Waals surface area contributed by atoms with Gasteiger partial charge in [0.2, 0.25) is 5.95 Å². The Kier molecular flexibility index (Phi) is 3.63. The number of pyridine rings is 1. The van der Waals surface area contributed by atoms with E-state index in [1.807, 2.05) is 29.1 Å². The molecule has 9 heteroatoms. The monoisotopic (exact) mass is 364 g/mol. The Bertz CT molecular complexity index is 1020. The molecular formula is C18H20N8O. The number of hydrogen-bond acceptors (Lipinski definition) is 7. The fraction of sp³-hybridized carbons (Fsp3) is 0.444. The number of nitrogens with one attached hydrogen (secondary N) is 2. The van der Waals surface area contributed by atoms with E-state index in [-0.39, 0.29) is 5.54 Å². The molecule has 1 saturated heterocycles. The molecule has 2 fully saturated rings. The van der Waals surface area contributed by atoms with Gasteiger partial charge in [0.1, 0.15) is 11.8 Å². The van der Waals surface area contributed by atoms with Crippen LogP contribution in [0.5, 0.6) is 0 Å². The SMILES string of the molecule is N#CCC1(n2cc(-c3cccc4nc(NC(O)C5CC5)nn34)cn2)CNC1. The lowest BCUT2D eigenvalue weighted by molar-refractivity contribution is 0.160. The zero-order valence-electron chi connectivity index (χ0n) is 14.7. The summed E-state index contributed by atoms with van der Waals surface area (Å²) in [5.74, 6) is 0.708. The smallest absolute Gasteiger partial charge is 0.245 e. The maximum absolute atomic E-state index is 10.1. The molecule has 3 N–H and O–H groups in total. The third-order valence-electron chi connectivity index (χ3n) is 5.39. The summed E-state index contributed by atoms with van der Waals surface area (Å²) in [7, 11) is 0. The van der Waals surface area contributed by atoms with Crippen molar-refractivity contribution in [3.63, 3.8) is 0 Å². The van der Waals surface area contributed by atoms with E-state index in [9.17, 15) is 5.11 Å². The van der Waals surface area contributed by atoms with Crippen molar-refractivity contribution in [2.24, 2.45) is 5.92 Å². The largest absolute Gasteiger partial charge is 0.373 e. The Hall–Kier alpha value is -2.96. The minimum Gasteiger partial charge on any atom is -0.373 e. The molecule has 1 aliphatic carbocycles. The van der Waals surface area contributed by atoms with Crippen molar-refractivity contribution in [2.45, 2.75) is 31.0 Å². The number of anilines is 1. The summed E-state index contributed by atoms with van der Waals surface area (Å²) in [5.41, 5.74) is 2.19. The molecule has 1 aliphatic heterocycles. The molecule has 27 heavy (non-hydrogen) atoms. The lowest BCUT2D eigenvalue weighted by atomic mass is 9.89. The van der Waals surface area contributed by atoms with Crippen molar-refractivity contribution >= 4 is 11.6 Å². The standard InChI is InChI=1S/C18H20N8O/c19-7-6-18(10-20-11-18)25-9-13(8-21-25)14-2-1-3-15-22-17(24-26(14)15)23-16(27)12-4-5-12/h1-3,8-9,12,16,20,27H,4-6,10-11H2,(H,23,24). The molecule has 2 aliphatic rings. The van der Waals surface area contributed by atoms with Crippen LogP contribution in [0.2, 0.25) is 0 Å². The maximum atomic E-state index is 10.1. The topological polar surface area (TPSA) is 116 Å². The van der Waals surface area contributed by atoms with Crippen molar-refractivity contribution in [1.29, 1.82) is 5.26 Å². The summed E-state index contributed by atoms with van der Waals surface area (Å²) in [6, 6.07) is 8.02. The van der Waals surface area contributed by atoms with E-state index >= 15 is 0 Å². The molecule has 1 unspecified atom stereocenters. The number of aromatic nitrogens is 5. The highest BCUT2D eigenvalue weighted by atomic mass is 16.3. The van der Waals surface area contributed by atoms with Gasteiger partial charge in [0.15, 0.2) is 5.65 Å². The first kappa shape index (κ1) is 16.2. The van der Waals surface area contributed by atoms with Crippen molar-refractivity contribution in [3.05, 3.63) is 30.6 Å². The molecule has 0 radical (unpaired) electrons. The van der Waals surface area contributed by atoms with Gasteiger partial charge >= 0.3 is 0 Å². The third-order valence-corrected chi connectivity index (χ3v) is 5.39. The van der Waals surface area contributed by atoms with Gasteiger partial charge in [-0.1, -0.05) is 6.07 Å². The molecule has 1 atom stereocenters. The lowest BCUT2D eigenvalue weighted by Crippen LogP contribution is -2.60.